The molecular formula is C28H22FN3O. The minimum Gasteiger partial charge on any atom is -0.455 e. The van der Waals surface area contributed by atoms with Gasteiger partial charge in [0, 0.05) is 34.1 Å². The first-order valence-corrected chi connectivity index (χ1v) is 11.0. The molecule has 162 valence electrons. The van der Waals surface area contributed by atoms with Gasteiger partial charge in [-0.05, 0) is 36.4 Å². The van der Waals surface area contributed by atoms with E-state index < -0.39 is 0 Å². The molecule has 5 heteroatoms. The molecule has 0 spiro atoms. The zero-order valence-electron chi connectivity index (χ0n) is 18.6. The van der Waals surface area contributed by atoms with Crippen LogP contribution in [0.4, 0.5) is 4.39 Å². The lowest BCUT2D eigenvalue weighted by atomic mass is 9.91. The third-order valence-electron chi connectivity index (χ3n) is 6.00. The highest BCUT2D eigenvalue weighted by Gasteiger charge is 2.25. The number of para-hydroxylation sites is 2. The average molecular weight is 436 g/mol. The van der Waals surface area contributed by atoms with E-state index in [0.717, 1.165) is 44.6 Å². The van der Waals surface area contributed by atoms with Crippen LogP contribution >= 0.6 is 0 Å². The molecule has 0 atom stereocenters. The highest BCUT2D eigenvalue weighted by atomic mass is 19.1. The summed E-state index contributed by atoms with van der Waals surface area (Å²) in [5, 5.41) is 1.82. The molecule has 0 aliphatic carbocycles. The maximum Gasteiger partial charge on any atom is 0.149 e. The molecule has 6 aromatic rings. The molecule has 0 radical (unpaired) electrons. The first kappa shape index (κ1) is 19.7. The largest absolute Gasteiger partial charge is 0.455 e. The van der Waals surface area contributed by atoms with Gasteiger partial charge in [0.1, 0.15) is 28.3 Å². The fourth-order valence-corrected chi connectivity index (χ4v) is 4.52. The number of aromatic nitrogens is 3. The lowest BCUT2D eigenvalue weighted by Crippen LogP contribution is -2.14. The number of fused-ring (bicyclic) bond motifs is 4. The molecule has 0 aliphatic rings. The number of benzene rings is 3. The van der Waals surface area contributed by atoms with Crippen molar-refractivity contribution in [1.82, 2.24) is 14.5 Å². The Hall–Kier alpha value is -3.99. The summed E-state index contributed by atoms with van der Waals surface area (Å²) in [6.07, 6.45) is 1.85. The van der Waals surface area contributed by atoms with E-state index in [2.05, 4.69) is 42.5 Å². The molecule has 0 bridgehead atoms. The second-order valence-corrected chi connectivity index (χ2v) is 9.31. The Labute approximate surface area is 190 Å². The number of rotatable bonds is 2. The summed E-state index contributed by atoms with van der Waals surface area (Å²) in [5.74, 6) is 0.445. The standard InChI is InChI=1S/C28H22FN3O/c1-28(2,3)26-24-22(14-15-30-26)32(18-8-5-4-6-9-18)27(31-24)21-11-7-10-20-19-13-12-17(29)16-23(19)33-25(20)21/h4-16H,1-3H3. The van der Waals surface area contributed by atoms with Crippen molar-refractivity contribution in [2.45, 2.75) is 26.2 Å². The number of pyridine rings is 1. The van der Waals surface area contributed by atoms with Crippen LogP contribution in [0.1, 0.15) is 26.5 Å². The molecule has 0 aliphatic heterocycles. The van der Waals surface area contributed by atoms with Gasteiger partial charge in [-0.25, -0.2) is 9.37 Å². The SMILES string of the molecule is CC(C)(C)c1nccc2c1nc(-c1cccc3c1oc1cc(F)ccc13)n2-c1ccccc1. The Morgan fingerprint density at radius 2 is 1.70 bits per heavy atom. The van der Waals surface area contributed by atoms with Crippen molar-refractivity contribution in [3.05, 3.63) is 90.5 Å². The molecule has 4 nitrogen and oxygen atoms in total. The molecule has 0 unspecified atom stereocenters. The fourth-order valence-electron chi connectivity index (χ4n) is 4.52. The summed E-state index contributed by atoms with van der Waals surface area (Å²) in [6.45, 7) is 6.43. The van der Waals surface area contributed by atoms with Gasteiger partial charge in [-0.15, -0.1) is 0 Å². The van der Waals surface area contributed by atoms with Crippen LogP contribution in [0.25, 0.3) is 50.0 Å². The van der Waals surface area contributed by atoms with Gasteiger partial charge in [-0.2, -0.15) is 0 Å². The van der Waals surface area contributed by atoms with E-state index in [0.29, 0.717) is 11.2 Å². The van der Waals surface area contributed by atoms with Crippen LogP contribution in [-0.4, -0.2) is 14.5 Å². The monoisotopic (exact) mass is 435 g/mol. The summed E-state index contributed by atoms with van der Waals surface area (Å²) in [6, 6.07) is 22.8. The van der Waals surface area contributed by atoms with Crippen LogP contribution < -0.4 is 0 Å². The smallest absolute Gasteiger partial charge is 0.149 e. The van der Waals surface area contributed by atoms with Gasteiger partial charge in [-0.1, -0.05) is 51.1 Å². The van der Waals surface area contributed by atoms with Gasteiger partial charge < -0.3 is 4.42 Å². The van der Waals surface area contributed by atoms with Crippen LogP contribution in [0, 0.1) is 5.82 Å². The van der Waals surface area contributed by atoms with Crippen molar-refractivity contribution in [3.63, 3.8) is 0 Å². The van der Waals surface area contributed by atoms with Gasteiger partial charge in [0.2, 0.25) is 0 Å². The lowest BCUT2D eigenvalue weighted by molar-refractivity contribution is 0.574. The van der Waals surface area contributed by atoms with E-state index in [1.54, 1.807) is 6.07 Å². The van der Waals surface area contributed by atoms with E-state index in [-0.39, 0.29) is 11.2 Å². The quantitative estimate of drug-likeness (QED) is 0.284. The normalized spacial score (nSPS) is 12.2. The molecule has 3 heterocycles. The van der Waals surface area contributed by atoms with Crippen molar-refractivity contribution in [3.8, 4) is 17.1 Å². The Morgan fingerprint density at radius 1 is 0.879 bits per heavy atom. The molecule has 0 saturated heterocycles. The minimum atomic E-state index is -0.319. The van der Waals surface area contributed by atoms with E-state index >= 15 is 0 Å². The van der Waals surface area contributed by atoms with Crippen molar-refractivity contribution in [2.24, 2.45) is 0 Å². The molecule has 3 aromatic carbocycles. The Bertz CT molecular complexity index is 1660. The first-order chi connectivity index (χ1) is 15.9. The van der Waals surface area contributed by atoms with Gasteiger partial charge in [0.05, 0.1) is 16.8 Å². The minimum absolute atomic E-state index is 0.171. The topological polar surface area (TPSA) is 43.9 Å². The van der Waals surface area contributed by atoms with E-state index in [4.69, 9.17) is 9.40 Å². The molecule has 3 aromatic heterocycles. The maximum atomic E-state index is 13.9. The number of hydrogen-bond acceptors (Lipinski definition) is 3. The molecule has 0 saturated carbocycles. The Kier molecular flexibility index (Phi) is 4.18. The summed E-state index contributed by atoms with van der Waals surface area (Å²) in [4.78, 5) is 9.82. The van der Waals surface area contributed by atoms with Crippen LogP contribution in [0.3, 0.4) is 0 Å². The van der Waals surface area contributed by atoms with Gasteiger partial charge in [0.25, 0.3) is 0 Å². The molecular weight excluding hydrogens is 413 g/mol. The van der Waals surface area contributed by atoms with Crippen molar-refractivity contribution >= 4 is 33.0 Å². The predicted octanol–water partition coefficient (Wildman–Crippen LogP) is 7.42. The third kappa shape index (κ3) is 3.04. The summed E-state index contributed by atoms with van der Waals surface area (Å²) in [7, 11) is 0. The lowest BCUT2D eigenvalue weighted by Gasteiger charge is -2.17. The number of furan rings is 1. The number of nitrogens with zero attached hydrogens (tertiary/aromatic N) is 3. The summed E-state index contributed by atoms with van der Waals surface area (Å²) >= 11 is 0. The van der Waals surface area contributed by atoms with E-state index in [9.17, 15) is 4.39 Å². The van der Waals surface area contributed by atoms with Gasteiger partial charge in [0.15, 0.2) is 0 Å². The highest BCUT2D eigenvalue weighted by Crippen LogP contribution is 2.39. The highest BCUT2D eigenvalue weighted by molar-refractivity contribution is 6.09. The zero-order valence-corrected chi connectivity index (χ0v) is 18.6. The number of imidazole rings is 1. The first-order valence-electron chi connectivity index (χ1n) is 11.0. The average Bonchev–Trinajstić information content (AvgIpc) is 3.36. The Morgan fingerprint density at radius 3 is 2.48 bits per heavy atom. The van der Waals surface area contributed by atoms with Crippen LogP contribution in [0.2, 0.25) is 0 Å². The molecule has 0 fully saturated rings. The molecule has 33 heavy (non-hydrogen) atoms. The van der Waals surface area contributed by atoms with Gasteiger partial charge in [-0.3, -0.25) is 9.55 Å². The van der Waals surface area contributed by atoms with Gasteiger partial charge >= 0.3 is 0 Å². The van der Waals surface area contributed by atoms with Crippen LogP contribution in [0.5, 0.6) is 0 Å². The Balaban J connectivity index is 1.75. The van der Waals surface area contributed by atoms with Crippen LogP contribution in [-0.2, 0) is 5.41 Å². The van der Waals surface area contributed by atoms with E-state index in [1.165, 1.54) is 12.1 Å². The van der Waals surface area contributed by atoms with Crippen molar-refractivity contribution in [2.75, 3.05) is 0 Å². The summed E-state index contributed by atoms with van der Waals surface area (Å²) in [5.41, 5.74) is 5.68. The third-order valence-corrected chi connectivity index (χ3v) is 6.00. The zero-order chi connectivity index (χ0) is 22.7. The second-order valence-electron chi connectivity index (χ2n) is 9.31. The second kappa shape index (κ2) is 7.01. The number of halogens is 1. The van der Waals surface area contributed by atoms with E-state index in [1.807, 2.05) is 48.7 Å². The molecule has 0 N–H and O–H groups in total. The van der Waals surface area contributed by atoms with Crippen molar-refractivity contribution in [1.29, 1.82) is 0 Å². The predicted molar refractivity (Wildman–Crippen MR) is 130 cm³/mol. The van der Waals surface area contributed by atoms with Crippen LogP contribution in [0.15, 0.2) is 83.4 Å². The maximum absolute atomic E-state index is 13.9. The summed E-state index contributed by atoms with van der Waals surface area (Å²) < 4.78 is 22.2. The fraction of sp³-hybridized carbons (Fsp3) is 0.143. The van der Waals surface area contributed by atoms with Crippen molar-refractivity contribution < 1.29 is 8.81 Å². The molecule has 0 amide bonds. The molecule has 6 rings (SSSR count). The number of hydrogen-bond donors (Lipinski definition) is 0.